The van der Waals surface area contributed by atoms with E-state index >= 15 is 0 Å². The molecule has 35 heavy (non-hydrogen) atoms. The van der Waals surface area contributed by atoms with Gasteiger partial charge in [-0.15, -0.1) is 0 Å². The quantitative estimate of drug-likeness (QED) is 0.201. The van der Waals surface area contributed by atoms with Gasteiger partial charge in [-0.2, -0.15) is 0 Å². The van der Waals surface area contributed by atoms with Crippen LogP contribution < -0.4 is 10.8 Å². The molecule has 0 radical (unpaired) electrons. The number of ether oxygens (including phenoxy) is 1. The van der Waals surface area contributed by atoms with Crippen LogP contribution in [0.3, 0.4) is 0 Å². The summed E-state index contributed by atoms with van der Waals surface area (Å²) in [5.41, 5.74) is 7.45. The Bertz CT molecular complexity index is 1200. The molecule has 0 saturated heterocycles. The highest BCUT2D eigenvalue weighted by atomic mass is 16.5. The van der Waals surface area contributed by atoms with E-state index in [9.17, 15) is 9.59 Å². The molecular weight excluding hydrogens is 444 g/mol. The van der Waals surface area contributed by atoms with Crippen molar-refractivity contribution < 1.29 is 19.5 Å². The Labute approximate surface area is 204 Å². The molecule has 4 rings (SSSR count). The topological polar surface area (TPSA) is 107 Å². The van der Waals surface area contributed by atoms with Gasteiger partial charge in [-0.3, -0.25) is 14.9 Å². The van der Waals surface area contributed by atoms with Crippen molar-refractivity contribution >= 4 is 29.0 Å². The number of hydroxylamine groups is 1. The minimum Gasteiger partial charge on any atom is -0.448 e. The monoisotopic (exact) mass is 476 g/mol. The van der Waals surface area contributed by atoms with Crippen LogP contribution in [0.5, 0.6) is 0 Å². The standard InChI is InChI=1S/C27H32N4O4/c1-2-28-27(33)35-16-15-31(14-13-21-18-29-24-6-4-3-5-22(21)24)25-11-9-20-17-19(7-10-23(20)25)8-12-26(32)30-34/h3-8,10,12,17-18,25,29,34H,2,9,11,13-16H2,1H3,(H,28,33)(H,30,32). The molecule has 4 N–H and O–H groups in total. The number of carbonyl (C=O) groups excluding carboxylic acids is 2. The number of carbonyl (C=O) groups is 2. The molecule has 8 nitrogen and oxygen atoms in total. The summed E-state index contributed by atoms with van der Waals surface area (Å²) in [6.45, 7) is 4.20. The average molecular weight is 477 g/mol. The van der Waals surface area contributed by atoms with E-state index in [-0.39, 0.29) is 12.1 Å². The number of hydrogen-bond donors (Lipinski definition) is 4. The summed E-state index contributed by atoms with van der Waals surface area (Å²) in [4.78, 5) is 28.9. The lowest BCUT2D eigenvalue weighted by Crippen LogP contribution is -2.34. The number of alkyl carbamates (subject to hydrolysis) is 1. The van der Waals surface area contributed by atoms with E-state index in [2.05, 4.69) is 51.7 Å². The van der Waals surface area contributed by atoms with Crippen molar-refractivity contribution in [2.24, 2.45) is 0 Å². The van der Waals surface area contributed by atoms with E-state index in [1.165, 1.54) is 28.2 Å². The number of aryl methyl sites for hydroxylation is 1. The highest BCUT2D eigenvalue weighted by Gasteiger charge is 2.28. The lowest BCUT2D eigenvalue weighted by atomic mass is 10.0. The van der Waals surface area contributed by atoms with Gasteiger partial charge in [-0.05, 0) is 60.6 Å². The van der Waals surface area contributed by atoms with E-state index < -0.39 is 5.91 Å². The van der Waals surface area contributed by atoms with Crippen molar-refractivity contribution in [3.8, 4) is 0 Å². The Morgan fingerprint density at radius 1 is 1.23 bits per heavy atom. The summed E-state index contributed by atoms with van der Waals surface area (Å²) in [5.74, 6) is -0.557. The number of aromatic nitrogens is 1. The molecule has 0 aliphatic heterocycles. The second-order valence-electron chi connectivity index (χ2n) is 8.63. The number of hydrogen-bond acceptors (Lipinski definition) is 5. The van der Waals surface area contributed by atoms with E-state index in [1.807, 2.05) is 19.1 Å². The summed E-state index contributed by atoms with van der Waals surface area (Å²) >= 11 is 0. The fourth-order valence-electron chi connectivity index (χ4n) is 4.78. The predicted molar refractivity (Wildman–Crippen MR) is 135 cm³/mol. The molecule has 0 bridgehead atoms. The first kappa shape index (κ1) is 24.5. The molecule has 1 atom stereocenters. The molecule has 1 heterocycles. The van der Waals surface area contributed by atoms with Crippen LogP contribution in [-0.4, -0.2) is 53.3 Å². The maximum Gasteiger partial charge on any atom is 0.407 e. The first-order valence-corrected chi connectivity index (χ1v) is 12.0. The molecule has 0 fully saturated rings. The van der Waals surface area contributed by atoms with Crippen LogP contribution in [0.15, 0.2) is 54.7 Å². The van der Waals surface area contributed by atoms with E-state index in [0.29, 0.717) is 19.7 Å². The number of H-pyrrole nitrogens is 1. The van der Waals surface area contributed by atoms with Gasteiger partial charge in [0.25, 0.3) is 5.91 Å². The summed E-state index contributed by atoms with van der Waals surface area (Å²) in [6, 6.07) is 14.7. The molecule has 1 aliphatic rings. The minimum atomic E-state index is -0.557. The molecule has 1 aliphatic carbocycles. The zero-order chi connectivity index (χ0) is 24.6. The number of nitrogens with one attached hydrogen (secondary N) is 3. The molecule has 2 aromatic carbocycles. The third kappa shape index (κ3) is 6.09. The van der Waals surface area contributed by atoms with Crippen LogP contribution in [0.2, 0.25) is 0 Å². The minimum absolute atomic E-state index is 0.229. The second-order valence-corrected chi connectivity index (χ2v) is 8.63. The number of aromatic amines is 1. The first-order valence-electron chi connectivity index (χ1n) is 12.0. The zero-order valence-corrected chi connectivity index (χ0v) is 19.9. The van der Waals surface area contributed by atoms with Crippen LogP contribution >= 0.6 is 0 Å². The van der Waals surface area contributed by atoms with Crippen molar-refractivity contribution in [3.05, 3.63) is 77.0 Å². The van der Waals surface area contributed by atoms with Crippen LogP contribution in [-0.2, 0) is 22.4 Å². The summed E-state index contributed by atoms with van der Waals surface area (Å²) in [7, 11) is 0. The van der Waals surface area contributed by atoms with Gasteiger partial charge in [0, 0.05) is 48.9 Å². The van der Waals surface area contributed by atoms with Gasteiger partial charge in [0.15, 0.2) is 0 Å². The van der Waals surface area contributed by atoms with Crippen LogP contribution in [0.25, 0.3) is 17.0 Å². The van der Waals surface area contributed by atoms with Crippen molar-refractivity contribution in [3.63, 3.8) is 0 Å². The van der Waals surface area contributed by atoms with Gasteiger partial charge in [0.2, 0.25) is 0 Å². The summed E-state index contributed by atoms with van der Waals surface area (Å²) in [5, 5.41) is 12.6. The number of fused-ring (bicyclic) bond motifs is 2. The number of amides is 2. The van der Waals surface area contributed by atoms with Crippen molar-refractivity contribution in [1.82, 2.24) is 20.7 Å². The molecule has 0 saturated carbocycles. The SMILES string of the molecule is CCNC(=O)OCCN(CCc1c[nH]c2ccccc12)C1CCc2cc(C=CC(=O)NO)ccc21. The van der Waals surface area contributed by atoms with Gasteiger partial charge in [-0.1, -0.05) is 36.4 Å². The molecule has 2 amide bonds. The van der Waals surface area contributed by atoms with Gasteiger partial charge < -0.3 is 15.0 Å². The Kier molecular flexibility index (Phi) is 8.18. The smallest absolute Gasteiger partial charge is 0.407 e. The molecule has 1 unspecified atom stereocenters. The summed E-state index contributed by atoms with van der Waals surface area (Å²) < 4.78 is 5.39. The fraction of sp³-hybridized carbons (Fsp3) is 0.333. The van der Waals surface area contributed by atoms with E-state index in [0.717, 1.165) is 36.9 Å². The molecule has 184 valence electrons. The number of nitrogens with zero attached hydrogens (tertiary/aromatic N) is 1. The third-order valence-electron chi connectivity index (χ3n) is 6.47. The fourth-order valence-corrected chi connectivity index (χ4v) is 4.78. The van der Waals surface area contributed by atoms with Crippen LogP contribution in [0.4, 0.5) is 4.79 Å². The Hall–Kier alpha value is -3.62. The largest absolute Gasteiger partial charge is 0.448 e. The average Bonchev–Trinajstić information content (AvgIpc) is 3.48. The lowest BCUT2D eigenvalue weighted by Gasteiger charge is -2.29. The Morgan fingerprint density at radius 2 is 2.09 bits per heavy atom. The van der Waals surface area contributed by atoms with Crippen molar-refractivity contribution in [2.45, 2.75) is 32.2 Å². The molecule has 3 aromatic rings. The maximum atomic E-state index is 11.8. The molecule has 8 heteroatoms. The molecule has 1 aromatic heterocycles. The molecular formula is C27H32N4O4. The normalized spacial score (nSPS) is 15.0. The van der Waals surface area contributed by atoms with Crippen LogP contribution in [0, 0.1) is 0 Å². The van der Waals surface area contributed by atoms with Gasteiger partial charge >= 0.3 is 6.09 Å². The van der Waals surface area contributed by atoms with Crippen LogP contribution in [0.1, 0.15) is 41.6 Å². The number of benzene rings is 2. The Morgan fingerprint density at radius 3 is 2.91 bits per heavy atom. The second kappa shape index (κ2) is 11.7. The van der Waals surface area contributed by atoms with Gasteiger partial charge in [0.05, 0.1) is 0 Å². The lowest BCUT2D eigenvalue weighted by molar-refractivity contribution is -0.124. The third-order valence-corrected chi connectivity index (χ3v) is 6.47. The predicted octanol–water partition coefficient (Wildman–Crippen LogP) is 3.96. The Balaban J connectivity index is 1.49. The van der Waals surface area contributed by atoms with Gasteiger partial charge in [-0.25, -0.2) is 10.3 Å². The zero-order valence-electron chi connectivity index (χ0n) is 19.9. The van der Waals surface area contributed by atoms with Crippen molar-refractivity contribution in [2.75, 3.05) is 26.2 Å². The van der Waals surface area contributed by atoms with E-state index in [1.54, 1.807) is 11.6 Å². The van der Waals surface area contributed by atoms with Crippen molar-refractivity contribution in [1.29, 1.82) is 0 Å². The highest BCUT2D eigenvalue weighted by molar-refractivity contribution is 5.90. The number of rotatable bonds is 10. The van der Waals surface area contributed by atoms with E-state index in [4.69, 9.17) is 9.94 Å². The highest BCUT2D eigenvalue weighted by Crippen LogP contribution is 2.36. The van der Waals surface area contributed by atoms with Gasteiger partial charge in [0.1, 0.15) is 6.61 Å². The number of para-hydroxylation sites is 1. The maximum absolute atomic E-state index is 11.8. The molecule has 0 spiro atoms. The summed E-state index contributed by atoms with van der Waals surface area (Å²) in [6.07, 6.45) is 7.49. The first-order chi connectivity index (χ1) is 17.1.